The highest BCUT2D eigenvalue weighted by atomic mass is 32.1. The third kappa shape index (κ3) is 5.08. The molecule has 1 fully saturated rings. The molecule has 2 heterocycles. The second-order valence-electron chi connectivity index (χ2n) is 6.27. The molecule has 0 unspecified atom stereocenters. The summed E-state index contributed by atoms with van der Waals surface area (Å²) in [6.45, 7) is 5.22. The summed E-state index contributed by atoms with van der Waals surface area (Å²) >= 11 is 1.21. The summed E-state index contributed by atoms with van der Waals surface area (Å²) < 4.78 is 16.3. The predicted octanol–water partition coefficient (Wildman–Crippen LogP) is 4.04. The largest absolute Gasteiger partial charge is 0.491 e. The van der Waals surface area contributed by atoms with Crippen LogP contribution < -0.4 is 10.1 Å². The van der Waals surface area contributed by atoms with E-state index in [0.29, 0.717) is 34.4 Å². The number of ether oxygens (including phenoxy) is 3. The van der Waals surface area contributed by atoms with Crippen molar-refractivity contribution >= 4 is 28.2 Å². The molecule has 0 radical (unpaired) electrons. The Morgan fingerprint density at radius 3 is 2.74 bits per heavy atom. The molecule has 1 aliphatic rings. The lowest BCUT2D eigenvalue weighted by Crippen LogP contribution is -2.16. The number of anilines is 1. The Labute approximate surface area is 162 Å². The van der Waals surface area contributed by atoms with E-state index in [0.717, 1.165) is 25.0 Å². The van der Waals surface area contributed by atoms with Gasteiger partial charge in [0, 0.05) is 12.2 Å². The third-order valence-electron chi connectivity index (χ3n) is 4.19. The van der Waals surface area contributed by atoms with Crippen molar-refractivity contribution in [3.8, 4) is 5.75 Å². The van der Waals surface area contributed by atoms with Gasteiger partial charge in [-0.2, -0.15) is 0 Å². The first kappa shape index (κ1) is 19.4. The zero-order chi connectivity index (χ0) is 19.2. The standard InChI is InChI=1S/C20H23NO5S/c1-3-24-20(23)18-13(2)11-17(27-18)21-19(22)14-6-8-15(9-7-14)26-12-16-5-4-10-25-16/h6-9,11,16H,3-5,10,12H2,1-2H3,(H,21,22)/t16-/m1/s1. The molecule has 7 heteroatoms. The summed E-state index contributed by atoms with van der Waals surface area (Å²) in [7, 11) is 0. The number of hydrogen-bond donors (Lipinski definition) is 1. The van der Waals surface area contributed by atoms with Gasteiger partial charge in [-0.15, -0.1) is 11.3 Å². The highest BCUT2D eigenvalue weighted by molar-refractivity contribution is 7.18. The van der Waals surface area contributed by atoms with Gasteiger partial charge in [-0.3, -0.25) is 4.79 Å². The summed E-state index contributed by atoms with van der Waals surface area (Å²) in [4.78, 5) is 24.8. The molecular formula is C20H23NO5S. The zero-order valence-corrected chi connectivity index (χ0v) is 16.3. The average molecular weight is 389 g/mol. The molecule has 1 aromatic carbocycles. The first-order valence-electron chi connectivity index (χ1n) is 9.00. The van der Waals surface area contributed by atoms with Crippen molar-refractivity contribution in [3.05, 3.63) is 46.3 Å². The van der Waals surface area contributed by atoms with Crippen LogP contribution in [0.25, 0.3) is 0 Å². The number of hydrogen-bond acceptors (Lipinski definition) is 6. The highest BCUT2D eigenvalue weighted by Crippen LogP contribution is 2.28. The summed E-state index contributed by atoms with van der Waals surface area (Å²) in [5, 5.41) is 3.43. The molecule has 1 saturated heterocycles. The maximum atomic E-state index is 12.4. The summed E-state index contributed by atoms with van der Waals surface area (Å²) in [5.74, 6) is 0.101. The second-order valence-corrected chi connectivity index (χ2v) is 7.32. The molecular weight excluding hydrogens is 366 g/mol. The normalized spacial score (nSPS) is 16.1. The van der Waals surface area contributed by atoms with E-state index in [1.54, 1.807) is 37.3 Å². The van der Waals surface area contributed by atoms with Crippen molar-refractivity contribution in [1.29, 1.82) is 0 Å². The number of aryl methyl sites for hydroxylation is 1. The van der Waals surface area contributed by atoms with Gasteiger partial charge in [-0.1, -0.05) is 0 Å². The van der Waals surface area contributed by atoms with E-state index in [4.69, 9.17) is 14.2 Å². The molecule has 144 valence electrons. The van der Waals surface area contributed by atoms with E-state index in [1.165, 1.54) is 11.3 Å². The topological polar surface area (TPSA) is 73.9 Å². The van der Waals surface area contributed by atoms with Crippen molar-refractivity contribution in [2.75, 3.05) is 25.1 Å². The summed E-state index contributed by atoms with van der Waals surface area (Å²) in [5.41, 5.74) is 1.30. The van der Waals surface area contributed by atoms with Crippen LogP contribution in [0.2, 0.25) is 0 Å². The van der Waals surface area contributed by atoms with Gasteiger partial charge < -0.3 is 19.5 Å². The van der Waals surface area contributed by atoms with Crippen LogP contribution in [0.15, 0.2) is 30.3 Å². The molecule has 3 rings (SSSR count). The fourth-order valence-electron chi connectivity index (χ4n) is 2.79. The molecule has 6 nitrogen and oxygen atoms in total. The lowest BCUT2D eigenvalue weighted by atomic mass is 10.2. The second kappa shape index (κ2) is 9.01. The van der Waals surface area contributed by atoms with E-state index in [9.17, 15) is 9.59 Å². The quantitative estimate of drug-likeness (QED) is 0.724. The van der Waals surface area contributed by atoms with Crippen molar-refractivity contribution in [2.45, 2.75) is 32.8 Å². The first-order valence-corrected chi connectivity index (χ1v) is 9.82. The van der Waals surface area contributed by atoms with Crippen LogP contribution in [0, 0.1) is 6.92 Å². The molecule has 0 bridgehead atoms. The van der Waals surface area contributed by atoms with Gasteiger partial charge >= 0.3 is 5.97 Å². The Morgan fingerprint density at radius 2 is 2.07 bits per heavy atom. The fourth-order valence-corrected chi connectivity index (χ4v) is 3.76. The minimum atomic E-state index is -0.367. The monoisotopic (exact) mass is 389 g/mol. The predicted molar refractivity (Wildman–Crippen MR) is 104 cm³/mol. The van der Waals surface area contributed by atoms with E-state index < -0.39 is 0 Å². The van der Waals surface area contributed by atoms with Crippen LogP contribution in [0.4, 0.5) is 5.00 Å². The van der Waals surface area contributed by atoms with Gasteiger partial charge in [0.2, 0.25) is 0 Å². The van der Waals surface area contributed by atoms with Crippen LogP contribution in [0.5, 0.6) is 5.75 Å². The van der Waals surface area contributed by atoms with E-state index in [2.05, 4.69) is 5.32 Å². The van der Waals surface area contributed by atoms with Gasteiger partial charge in [0.05, 0.1) is 17.7 Å². The number of thiophene rings is 1. The first-order chi connectivity index (χ1) is 13.1. The van der Waals surface area contributed by atoms with Gasteiger partial charge in [0.25, 0.3) is 5.91 Å². The molecule has 1 atom stereocenters. The van der Waals surface area contributed by atoms with Gasteiger partial charge in [-0.25, -0.2) is 4.79 Å². The molecule has 1 amide bonds. The van der Waals surface area contributed by atoms with Crippen LogP contribution in [-0.2, 0) is 9.47 Å². The highest BCUT2D eigenvalue weighted by Gasteiger charge is 2.17. The van der Waals surface area contributed by atoms with Crippen molar-refractivity contribution in [3.63, 3.8) is 0 Å². The molecule has 27 heavy (non-hydrogen) atoms. The van der Waals surface area contributed by atoms with Gasteiger partial charge in [0.15, 0.2) is 0 Å². The van der Waals surface area contributed by atoms with E-state index >= 15 is 0 Å². The summed E-state index contributed by atoms with van der Waals surface area (Å²) in [6, 6.07) is 8.74. The Balaban J connectivity index is 1.57. The SMILES string of the molecule is CCOC(=O)c1sc(NC(=O)c2ccc(OC[C@H]3CCCO3)cc2)cc1C. The Morgan fingerprint density at radius 1 is 1.30 bits per heavy atom. The minimum absolute atomic E-state index is 0.156. The van der Waals surface area contributed by atoms with Crippen LogP contribution in [-0.4, -0.2) is 37.8 Å². The number of carbonyl (C=O) groups is 2. The Kier molecular flexibility index (Phi) is 6.47. The maximum Gasteiger partial charge on any atom is 0.348 e. The molecule has 1 aromatic heterocycles. The molecule has 1 N–H and O–H groups in total. The van der Waals surface area contributed by atoms with E-state index in [-0.39, 0.29) is 18.0 Å². The van der Waals surface area contributed by atoms with Crippen molar-refractivity contribution < 1.29 is 23.8 Å². The van der Waals surface area contributed by atoms with Crippen molar-refractivity contribution in [2.24, 2.45) is 0 Å². The molecule has 0 aliphatic carbocycles. The minimum Gasteiger partial charge on any atom is -0.491 e. The number of carbonyl (C=O) groups excluding carboxylic acids is 2. The smallest absolute Gasteiger partial charge is 0.348 e. The number of rotatable bonds is 7. The molecule has 2 aromatic rings. The van der Waals surface area contributed by atoms with Crippen molar-refractivity contribution in [1.82, 2.24) is 0 Å². The summed E-state index contributed by atoms with van der Waals surface area (Å²) in [6.07, 6.45) is 2.26. The molecule has 0 spiro atoms. The average Bonchev–Trinajstić information content (AvgIpc) is 3.30. The van der Waals surface area contributed by atoms with Crippen LogP contribution >= 0.6 is 11.3 Å². The third-order valence-corrected chi connectivity index (χ3v) is 5.32. The Bertz CT molecular complexity index is 793. The number of nitrogens with one attached hydrogen (secondary N) is 1. The fraction of sp³-hybridized carbons (Fsp3) is 0.400. The lowest BCUT2D eigenvalue weighted by Gasteiger charge is -2.11. The lowest BCUT2D eigenvalue weighted by molar-refractivity contribution is 0.0531. The molecule has 0 saturated carbocycles. The van der Waals surface area contributed by atoms with Crippen LogP contribution in [0.1, 0.15) is 45.4 Å². The van der Waals surface area contributed by atoms with Gasteiger partial charge in [0.1, 0.15) is 17.2 Å². The van der Waals surface area contributed by atoms with Gasteiger partial charge in [-0.05, 0) is 62.6 Å². The molecule has 1 aliphatic heterocycles. The zero-order valence-electron chi connectivity index (χ0n) is 15.4. The Hall–Kier alpha value is -2.38. The number of benzene rings is 1. The number of esters is 1. The van der Waals surface area contributed by atoms with Crippen LogP contribution in [0.3, 0.4) is 0 Å². The number of amides is 1. The van der Waals surface area contributed by atoms with E-state index in [1.807, 2.05) is 6.92 Å². The maximum absolute atomic E-state index is 12.4.